The zero-order valence-corrected chi connectivity index (χ0v) is 16.5. The van der Waals surface area contributed by atoms with Crippen molar-refractivity contribution in [3.8, 4) is 0 Å². The molecule has 24 heavy (non-hydrogen) atoms. The first-order chi connectivity index (χ1) is 11.3. The molecule has 1 aromatic rings. The Morgan fingerprint density at radius 1 is 1.04 bits per heavy atom. The standard InChI is InChI=1S/C21H33NO2/c1-8-10-11-18(9-2)12-22(7)21(24)20-17(6)15(4)14(3)16(5)19(20)13-23/h13,18H,8-12H2,1-7H3. The van der Waals surface area contributed by atoms with Crippen molar-refractivity contribution in [1.29, 1.82) is 0 Å². The summed E-state index contributed by atoms with van der Waals surface area (Å²) in [4.78, 5) is 26.5. The first kappa shape index (κ1) is 20.4. The Hall–Kier alpha value is -1.64. The third-order valence-electron chi connectivity index (χ3n) is 5.49. The maximum absolute atomic E-state index is 13.1. The molecule has 0 fully saturated rings. The van der Waals surface area contributed by atoms with Crippen LogP contribution in [0.3, 0.4) is 0 Å². The summed E-state index contributed by atoms with van der Waals surface area (Å²) in [5.74, 6) is 0.488. The molecule has 3 heteroatoms. The summed E-state index contributed by atoms with van der Waals surface area (Å²) >= 11 is 0. The molecule has 1 rings (SSSR count). The van der Waals surface area contributed by atoms with Gasteiger partial charge in [0.05, 0.1) is 5.56 Å². The van der Waals surface area contributed by atoms with Crippen LogP contribution in [0.15, 0.2) is 0 Å². The van der Waals surface area contributed by atoms with Crippen LogP contribution in [0, 0.1) is 33.6 Å². The Labute approximate surface area is 147 Å². The molecule has 1 amide bonds. The van der Waals surface area contributed by atoms with Crippen LogP contribution >= 0.6 is 0 Å². The van der Waals surface area contributed by atoms with E-state index in [0.29, 0.717) is 17.0 Å². The number of unbranched alkanes of at least 4 members (excludes halogenated alkanes) is 1. The van der Waals surface area contributed by atoms with Gasteiger partial charge in [0.25, 0.3) is 5.91 Å². The van der Waals surface area contributed by atoms with Crippen LogP contribution in [0.4, 0.5) is 0 Å². The fourth-order valence-corrected chi connectivity index (χ4v) is 3.34. The number of aldehydes is 1. The third-order valence-corrected chi connectivity index (χ3v) is 5.49. The lowest BCUT2D eigenvalue weighted by Gasteiger charge is -2.26. The second kappa shape index (κ2) is 9.00. The van der Waals surface area contributed by atoms with E-state index in [-0.39, 0.29) is 5.91 Å². The largest absolute Gasteiger partial charge is 0.341 e. The molecule has 0 radical (unpaired) electrons. The molecular formula is C21H33NO2. The van der Waals surface area contributed by atoms with Crippen molar-refractivity contribution in [3.05, 3.63) is 33.4 Å². The van der Waals surface area contributed by atoms with Gasteiger partial charge in [-0.05, 0) is 62.3 Å². The zero-order valence-electron chi connectivity index (χ0n) is 16.5. The number of benzene rings is 1. The monoisotopic (exact) mass is 331 g/mol. The van der Waals surface area contributed by atoms with Crippen LogP contribution in [0.1, 0.15) is 82.5 Å². The molecular weight excluding hydrogens is 298 g/mol. The van der Waals surface area contributed by atoms with E-state index in [4.69, 9.17) is 0 Å². The summed E-state index contributed by atoms with van der Waals surface area (Å²) in [6, 6.07) is 0. The molecule has 0 aliphatic rings. The minimum atomic E-state index is -0.0317. The minimum Gasteiger partial charge on any atom is -0.341 e. The molecule has 0 aromatic heterocycles. The molecule has 0 saturated heterocycles. The van der Waals surface area contributed by atoms with Gasteiger partial charge < -0.3 is 4.90 Å². The topological polar surface area (TPSA) is 37.4 Å². The van der Waals surface area contributed by atoms with Crippen LogP contribution in [0.2, 0.25) is 0 Å². The quantitative estimate of drug-likeness (QED) is 0.627. The molecule has 0 bridgehead atoms. The van der Waals surface area contributed by atoms with Crippen molar-refractivity contribution in [1.82, 2.24) is 4.90 Å². The molecule has 134 valence electrons. The number of nitrogens with zero attached hydrogens (tertiary/aromatic N) is 1. The van der Waals surface area contributed by atoms with E-state index < -0.39 is 0 Å². The van der Waals surface area contributed by atoms with E-state index in [1.807, 2.05) is 34.7 Å². The first-order valence-electron chi connectivity index (χ1n) is 9.10. The minimum absolute atomic E-state index is 0.0317. The summed E-state index contributed by atoms with van der Waals surface area (Å²) < 4.78 is 0. The van der Waals surface area contributed by atoms with Crippen molar-refractivity contribution in [2.45, 2.75) is 67.2 Å². The van der Waals surface area contributed by atoms with E-state index in [2.05, 4.69) is 13.8 Å². The van der Waals surface area contributed by atoms with Crippen LogP contribution in [-0.2, 0) is 0 Å². The van der Waals surface area contributed by atoms with Gasteiger partial charge in [0.1, 0.15) is 0 Å². The molecule has 0 spiro atoms. The van der Waals surface area contributed by atoms with E-state index in [1.165, 1.54) is 12.8 Å². The summed E-state index contributed by atoms with van der Waals surface area (Å²) in [5, 5.41) is 0. The number of hydrogen-bond acceptors (Lipinski definition) is 2. The normalized spacial score (nSPS) is 12.1. The molecule has 0 aliphatic heterocycles. The van der Waals surface area contributed by atoms with E-state index in [9.17, 15) is 9.59 Å². The van der Waals surface area contributed by atoms with Gasteiger partial charge in [-0.15, -0.1) is 0 Å². The summed E-state index contributed by atoms with van der Waals surface area (Å²) in [5.41, 5.74) is 5.19. The zero-order chi connectivity index (χ0) is 18.4. The average Bonchev–Trinajstić information content (AvgIpc) is 2.58. The van der Waals surface area contributed by atoms with Gasteiger partial charge in [-0.2, -0.15) is 0 Å². The lowest BCUT2D eigenvalue weighted by Crippen LogP contribution is -2.33. The Morgan fingerprint density at radius 2 is 1.62 bits per heavy atom. The van der Waals surface area contributed by atoms with Gasteiger partial charge in [-0.1, -0.05) is 33.1 Å². The van der Waals surface area contributed by atoms with Gasteiger partial charge >= 0.3 is 0 Å². The Balaban J connectivity index is 3.16. The fourth-order valence-electron chi connectivity index (χ4n) is 3.34. The van der Waals surface area contributed by atoms with Crippen LogP contribution in [0.5, 0.6) is 0 Å². The molecule has 0 N–H and O–H groups in total. The molecule has 1 atom stereocenters. The van der Waals surface area contributed by atoms with Gasteiger partial charge in [-0.25, -0.2) is 0 Å². The average molecular weight is 332 g/mol. The van der Waals surface area contributed by atoms with Gasteiger partial charge in [0.15, 0.2) is 6.29 Å². The number of carbonyl (C=O) groups is 2. The smallest absolute Gasteiger partial charge is 0.254 e. The molecule has 1 unspecified atom stereocenters. The van der Waals surface area contributed by atoms with Crippen LogP contribution in [-0.4, -0.2) is 30.7 Å². The van der Waals surface area contributed by atoms with Gasteiger partial charge in [0, 0.05) is 19.2 Å². The van der Waals surface area contributed by atoms with Gasteiger partial charge in [0.2, 0.25) is 0 Å². The van der Waals surface area contributed by atoms with E-state index in [1.54, 1.807) is 4.90 Å². The lowest BCUT2D eigenvalue weighted by atomic mass is 9.88. The summed E-state index contributed by atoms with van der Waals surface area (Å²) in [6.45, 7) is 13.0. The predicted molar refractivity (Wildman–Crippen MR) is 101 cm³/mol. The van der Waals surface area contributed by atoms with E-state index >= 15 is 0 Å². The number of amides is 1. The predicted octanol–water partition coefficient (Wildman–Crippen LogP) is 5.02. The van der Waals surface area contributed by atoms with Crippen molar-refractivity contribution in [3.63, 3.8) is 0 Å². The SMILES string of the molecule is CCCCC(CC)CN(C)C(=O)c1c(C)c(C)c(C)c(C)c1C=O. The third kappa shape index (κ3) is 4.25. The van der Waals surface area contributed by atoms with Crippen molar-refractivity contribution in [2.24, 2.45) is 5.92 Å². The molecule has 0 heterocycles. The first-order valence-corrected chi connectivity index (χ1v) is 9.10. The second-order valence-electron chi connectivity index (χ2n) is 7.01. The molecule has 1 aromatic carbocycles. The molecule has 0 aliphatic carbocycles. The number of rotatable bonds is 8. The fraction of sp³-hybridized carbons (Fsp3) is 0.619. The summed E-state index contributed by atoms with van der Waals surface area (Å²) in [7, 11) is 1.86. The Morgan fingerprint density at radius 3 is 2.12 bits per heavy atom. The van der Waals surface area contributed by atoms with Crippen LogP contribution in [0.25, 0.3) is 0 Å². The Bertz CT molecular complexity index is 605. The van der Waals surface area contributed by atoms with Crippen molar-refractivity contribution >= 4 is 12.2 Å². The van der Waals surface area contributed by atoms with Crippen molar-refractivity contribution < 1.29 is 9.59 Å². The number of carbonyl (C=O) groups excluding carboxylic acids is 2. The van der Waals surface area contributed by atoms with Crippen molar-refractivity contribution in [2.75, 3.05) is 13.6 Å². The second-order valence-corrected chi connectivity index (χ2v) is 7.01. The Kier molecular flexibility index (Phi) is 7.65. The molecule has 0 saturated carbocycles. The van der Waals surface area contributed by atoms with Gasteiger partial charge in [-0.3, -0.25) is 9.59 Å². The molecule has 3 nitrogen and oxygen atoms in total. The highest BCUT2D eigenvalue weighted by Gasteiger charge is 2.24. The lowest BCUT2D eigenvalue weighted by molar-refractivity contribution is 0.0764. The van der Waals surface area contributed by atoms with Crippen LogP contribution < -0.4 is 0 Å². The number of hydrogen-bond donors (Lipinski definition) is 0. The summed E-state index contributed by atoms with van der Waals surface area (Å²) in [6.07, 6.45) is 5.43. The highest BCUT2D eigenvalue weighted by molar-refractivity contribution is 6.04. The van der Waals surface area contributed by atoms with E-state index in [0.717, 1.165) is 47.9 Å². The highest BCUT2D eigenvalue weighted by atomic mass is 16.2. The maximum atomic E-state index is 13.1. The highest BCUT2D eigenvalue weighted by Crippen LogP contribution is 2.27. The maximum Gasteiger partial charge on any atom is 0.254 e.